The van der Waals surface area contributed by atoms with E-state index < -0.39 is 0 Å². The highest BCUT2D eigenvalue weighted by Gasteiger charge is 2.23. The fourth-order valence-electron chi connectivity index (χ4n) is 2.22. The van der Waals surface area contributed by atoms with Gasteiger partial charge in [-0.1, -0.05) is 34.1 Å². The third kappa shape index (κ3) is 5.25. The molecule has 1 saturated carbocycles. The standard InChI is InChI=1S/C16H24BrNO/c1-12(2)19-10-9-13(11-18-14-7-8-14)15-5-3-4-6-16(15)17/h3-6,12-14,18H,7-11H2,1-2H3. The Morgan fingerprint density at radius 2 is 2.05 bits per heavy atom. The maximum absolute atomic E-state index is 5.71. The molecule has 1 atom stereocenters. The molecule has 0 heterocycles. The summed E-state index contributed by atoms with van der Waals surface area (Å²) in [5.74, 6) is 0.523. The maximum atomic E-state index is 5.71. The largest absolute Gasteiger partial charge is 0.379 e. The highest BCUT2D eigenvalue weighted by atomic mass is 79.9. The van der Waals surface area contributed by atoms with Crippen molar-refractivity contribution in [2.24, 2.45) is 0 Å². The number of benzene rings is 1. The molecule has 1 aromatic rings. The zero-order valence-electron chi connectivity index (χ0n) is 11.9. The van der Waals surface area contributed by atoms with Crippen molar-refractivity contribution in [2.75, 3.05) is 13.2 Å². The van der Waals surface area contributed by atoms with Gasteiger partial charge in [0.25, 0.3) is 0 Å². The average Bonchev–Trinajstić information content (AvgIpc) is 3.18. The molecule has 0 saturated heterocycles. The van der Waals surface area contributed by atoms with E-state index in [1.165, 1.54) is 22.9 Å². The van der Waals surface area contributed by atoms with Crippen LogP contribution in [0.2, 0.25) is 0 Å². The molecule has 3 heteroatoms. The minimum absolute atomic E-state index is 0.316. The normalized spacial score (nSPS) is 16.8. The lowest BCUT2D eigenvalue weighted by molar-refractivity contribution is 0.0732. The van der Waals surface area contributed by atoms with Crippen molar-refractivity contribution in [3.05, 3.63) is 34.3 Å². The van der Waals surface area contributed by atoms with Crippen LogP contribution in [0.25, 0.3) is 0 Å². The molecule has 2 rings (SSSR count). The lowest BCUT2D eigenvalue weighted by Gasteiger charge is -2.20. The van der Waals surface area contributed by atoms with E-state index in [1.807, 2.05) is 0 Å². The maximum Gasteiger partial charge on any atom is 0.0518 e. The quantitative estimate of drug-likeness (QED) is 0.776. The van der Waals surface area contributed by atoms with Crippen molar-refractivity contribution in [2.45, 2.75) is 51.2 Å². The summed E-state index contributed by atoms with van der Waals surface area (Å²) < 4.78 is 6.92. The van der Waals surface area contributed by atoms with Gasteiger partial charge in [-0.3, -0.25) is 0 Å². The summed E-state index contributed by atoms with van der Waals surface area (Å²) in [5.41, 5.74) is 1.39. The highest BCUT2D eigenvalue weighted by molar-refractivity contribution is 9.10. The molecule has 0 aliphatic heterocycles. The van der Waals surface area contributed by atoms with Crippen LogP contribution in [0.15, 0.2) is 28.7 Å². The third-order valence-electron chi connectivity index (χ3n) is 3.49. The van der Waals surface area contributed by atoms with Crippen LogP contribution in [-0.2, 0) is 4.74 Å². The minimum Gasteiger partial charge on any atom is -0.379 e. The predicted molar refractivity (Wildman–Crippen MR) is 83.6 cm³/mol. The predicted octanol–water partition coefficient (Wildman–Crippen LogP) is 4.10. The molecule has 1 aromatic carbocycles. The van der Waals surface area contributed by atoms with E-state index in [9.17, 15) is 0 Å². The molecule has 0 aromatic heterocycles. The number of nitrogens with one attached hydrogen (secondary N) is 1. The summed E-state index contributed by atoms with van der Waals surface area (Å²) in [4.78, 5) is 0. The number of hydrogen-bond acceptors (Lipinski definition) is 2. The SMILES string of the molecule is CC(C)OCCC(CNC1CC1)c1ccccc1Br. The Hall–Kier alpha value is -0.380. The van der Waals surface area contributed by atoms with E-state index in [4.69, 9.17) is 4.74 Å². The number of hydrogen-bond donors (Lipinski definition) is 1. The first-order chi connectivity index (χ1) is 9.16. The van der Waals surface area contributed by atoms with E-state index in [2.05, 4.69) is 59.4 Å². The Kier molecular flexibility index (Phi) is 5.86. The molecule has 1 aliphatic rings. The lowest BCUT2D eigenvalue weighted by atomic mass is 9.96. The summed E-state index contributed by atoms with van der Waals surface area (Å²) in [6.45, 7) is 6.07. The fraction of sp³-hybridized carbons (Fsp3) is 0.625. The first-order valence-corrected chi connectivity index (χ1v) is 8.05. The molecule has 1 aliphatic carbocycles. The van der Waals surface area contributed by atoms with E-state index >= 15 is 0 Å². The molecule has 1 unspecified atom stereocenters. The number of halogens is 1. The molecular formula is C16H24BrNO. The number of rotatable bonds is 8. The first-order valence-electron chi connectivity index (χ1n) is 7.26. The van der Waals surface area contributed by atoms with Gasteiger partial charge >= 0.3 is 0 Å². The van der Waals surface area contributed by atoms with Crippen LogP contribution in [0.4, 0.5) is 0 Å². The van der Waals surface area contributed by atoms with Crippen LogP contribution >= 0.6 is 15.9 Å². The summed E-state index contributed by atoms with van der Waals surface area (Å²) in [7, 11) is 0. The van der Waals surface area contributed by atoms with Gasteiger partial charge in [-0.25, -0.2) is 0 Å². The van der Waals surface area contributed by atoms with Crippen LogP contribution in [0.5, 0.6) is 0 Å². The van der Waals surface area contributed by atoms with Gasteiger partial charge in [-0.2, -0.15) is 0 Å². The van der Waals surface area contributed by atoms with Crippen molar-refractivity contribution >= 4 is 15.9 Å². The Labute approximate surface area is 125 Å². The molecule has 0 radical (unpaired) electrons. The van der Waals surface area contributed by atoms with Gasteiger partial charge in [-0.05, 0) is 50.7 Å². The van der Waals surface area contributed by atoms with Gasteiger partial charge in [0.15, 0.2) is 0 Å². The second-order valence-corrected chi connectivity index (χ2v) is 6.46. The summed E-state index contributed by atoms with van der Waals surface area (Å²) in [6, 6.07) is 9.30. The lowest BCUT2D eigenvalue weighted by Crippen LogP contribution is -2.25. The van der Waals surface area contributed by atoms with E-state index in [0.29, 0.717) is 12.0 Å². The Morgan fingerprint density at radius 3 is 2.68 bits per heavy atom. The molecular weight excluding hydrogens is 302 g/mol. The topological polar surface area (TPSA) is 21.3 Å². The zero-order chi connectivity index (χ0) is 13.7. The first kappa shape index (κ1) is 15.0. The zero-order valence-corrected chi connectivity index (χ0v) is 13.4. The van der Waals surface area contributed by atoms with Gasteiger partial charge in [0.2, 0.25) is 0 Å². The van der Waals surface area contributed by atoms with Gasteiger partial charge < -0.3 is 10.1 Å². The van der Waals surface area contributed by atoms with Crippen molar-refractivity contribution < 1.29 is 4.74 Å². The highest BCUT2D eigenvalue weighted by Crippen LogP contribution is 2.28. The fourth-order valence-corrected chi connectivity index (χ4v) is 2.82. The van der Waals surface area contributed by atoms with Crippen LogP contribution in [0.1, 0.15) is 44.6 Å². The average molecular weight is 326 g/mol. The van der Waals surface area contributed by atoms with Crippen LogP contribution in [-0.4, -0.2) is 25.3 Å². The van der Waals surface area contributed by atoms with Crippen molar-refractivity contribution in [3.63, 3.8) is 0 Å². The van der Waals surface area contributed by atoms with E-state index in [-0.39, 0.29) is 0 Å². The van der Waals surface area contributed by atoms with Gasteiger partial charge in [0.1, 0.15) is 0 Å². The molecule has 19 heavy (non-hydrogen) atoms. The Morgan fingerprint density at radius 1 is 1.32 bits per heavy atom. The summed E-state index contributed by atoms with van der Waals surface area (Å²) in [6.07, 6.45) is 4.06. The summed E-state index contributed by atoms with van der Waals surface area (Å²) in [5, 5.41) is 3.64. The number of ether oxygens (including phenoxy) is 1. The molecule has 106 valence electrons. The van der Waals surface area contributed by atoms with Crippen molar-refractivity contribution in [1.29, 1.82) is 0 Å². The van der Waals surface area contributed by atoms with Crippen molar-refractivity contribution in [1.82, 2.24) is 5.32 Å². The van der Waals surface area contributed by atoms with Crippen LogP contribution in [0, 0.1) is 0 Å². The van der Waals surface area contributed by atoms with E-state index in [1.54, 1.807) is 0 Å². The Balaban J connectivity index is 1.93. The summed E-state index contributed by atoms with van der Waals surface area (Å²) >= 11 is 3.67. The van der Waals surface area contributed by atoms with Gasteiger partial charge in [0.05, 0.1) is 6.10 Å². The van der Waals surface area contributed by atoms with Crippen LogP contribution in [0.3, 0.4) is 0 Å². The molecule has 0 bridgehead atoms. The molecule has 0 spiro atoms. The second kappa shape index (κ2) is 7.41. The monoisotopic (exact) mass is 325 g/mol. The second-order valence-electron chi connectivity index (χ2n) is 5.61. The molecule has 1 N–H and O–H groups in total. The van der Waals surface area contributed by atoms with Gasteiger partial charge in [-0.15, -0.1) is 0 Å². The minimum atomic E-state index is 0.316. The van der Waals surface area contributed by atoms with Crippen molar-refractivity contribution in [3.8, 4) is 0 Å². The third-order valence-corrected chi connectivity index (χ3v) is 4.21. The smallest absolute Gasteiger partial charge is 0.0518 e. The molecule has 2 nitrogen and oxygen atoms in total. The molecule has 1 fully saturated rings. The molecule has 0 amide bonds. The van der Waals surface area contributed by atoms with Gasteiger partial charge in [0, 0.05) is 23.7 Å². The Bertz CT molecular complexity index is 390. The van der Waals surface area contributed by atoms with E-state index in [0.717, 1.165) is 25.6 Å². The van der Waals surface area contributed by atoms with Crippen LogP contribution < -0.4 is 5.32 Å².